The number of carbonyl (C=O) groups excluding carboxylic acids is 1. The molecular weight excluding hydrogens is 265 g/mol. The number of aryl methyl sites for hydroxylation is 2. The van der Waals surface area contributed by atoms with E-state index in [9.17, 15) is 9.18 Å². The zero-order valence-electron chi connectivity index (χ0n) is 11.4. The second kappa shape index (κ2) is 4.55. The summed E-state index contributed by atoms with van der Waals surface area (Å²) in [5, 5.41) is 0.639. The lowest BCUT2D eigenvalue weighted by Gasteiger charge is -2.04. The maximum Gasteiger partial charge on any atom is 0.195 e. The van der Waals surface area contributed by atoms with Crippen LogP contribution in [0.15, 0.2) is 42.6 Å². The summed E-state index contributed by atoms with van der Waals surface area (Å²) in [5.41, 5.74) is 4.60. The van der Waals surface area contributed by atoms with Crippen LogP contribution < -0.4 is 0 Å². The van der Waals surface area contributed by atoms with Crippen LogP contribution in [-0.4, -0.2) is 10.8 Å². The molecule has 0 saturated carbocycles. The first kappa shape index (κ1) is 12.3. The van der Waals surface area contributed by atoms with E-state index in [-0.39, 0.29) is 11.6 Å². The van der Waals surface area contributed by atoms with Crippen molar-refractivity contribution in [2.24, 2.45) is 0 Å². The quantitative estimate of drug-likeness (QED) is 0.706. The van der Waals surface area contributed by atoms with Gasteiger partial charge in [0.1, 0.15) is 5.82 Å². The molecule has 2 nitrogen and oxygen atoms in total. The fourth-order valence-corrected chi connectivity index (χ4v) is 3.15. The Balaban J connectivity index is 1.81. The molecule has 0 spiro atoms. The molecule has 0 radical (unpaired) electrons. The number of halogens is 1. The van der Waals surface area contributed by atoms with E-state index in [1.165, 1.54) is 23.3 Å². The summed E-state index contributed by atoms with van der Waals surface area (Å²) >= 11 is 0. The van der Waals surface area contributed by atoms with Gasteiger partial charge < -0.3 is 4.98 Å². The minimum absolute atomic E-state index is 0.0541. The number of hydrogen-bond acceptors (Lipinski definition) is 1. The molecule has 0 amide bonds. The van der Waals surface area contributed by atoms with E-state index >= 15 is 0 Å². The van der Waals surface area contributed by atoms with Gasteiger partial charge in [-0.25, -0.2) is 4.39 Å². The number of aromatic nitrogens is 1. The van der Waals surface area contributed by atoms with Gasteiger partial charge in [-0.3, -0.25) is 4.79 Å². The first-order chi connectivity index (χ1) is 10.2. The molecule has 1 heterocycles. The molecule has 3 heteroatoms. The van der Waals surface area contributed by atoms with Gasteiger partial charge >= 0.3 is 0 Å². The van der Waals surface area contributed by atoms with E-state index < -0.39 is 0 Å². The van der Waals surface area contributed by atoms with E-state index in [1.54, 1.807) is 12.3 Å². The van der Waals surface area contributed by atoms with Gasteiger partial charge in [-0.2, -0.15) is 0 Å². The van der Waals surface area contributed by atoms with E-state index in [0.717, 1.165) is 24.8 Å². The SMILES string of the molecule is O=C(c1ccc2c(c1)CCC2)c1c[nH]c2ccc(F)cc12. The van der Waals surface area contributed by atoms with Crippen molar-refractivity contribution in [3.63, 3.8) is 0 Å². The van der Waals surface area contributed by atoms with Crippen LogP contribution in [-0.2, 0) is 12.8 Å². The second-order valence-corrected chi connectivity index (χ2v) is 5.56. The van der Waals surface area contributed by atoms with Gasteiger partial charge in [-0.15, -0.1) is 0 Å². The summed E-state index contributed by atoms with van der Waals surface area (Å²) in [4.78, 5) is 15.7. The average molecular weight is 279 g/mol. The molecule has 0 fully saturated rings. The number of ketones is 1. The first-order valence-corrected chi connectivity index (χ1v) is 7.15. The molecule has 3 aromatic rings. The van der Waals surface area contributed by atoms with Gasteiger partial charge in [0, 0.05) is 28.2 Å². The van der Waals surface area contributed by atoms with Gasteiger partial charge in [0.15, 0.2) is 5.78 Å². The lowest BCUT2D eigenvalue weighted by atomic mass is 9.99. The van der Waals surface area contributed by atoms with Crippen LogP contribution in [0.25, 0.3) is 10.9 Å². The summed E-state index contributed by atoms with van der Waals surface area (Å²) in [5.74, 6) is -0.383. The van der Waals surface area contributed by atoms with Crippen LogP contribution in [0.3, 0.4) is 0 Å². The van der Waals surface area contributed by atoms with Gasteiger partial charge in [0.05, 0.1) is 0 Å². The number of rotatable bonds is 2. The highest BCUT2D eigenvalue weighted by atomic mass is 19.1. The molecule has 0 bridgehead atoms. The zero-order valence-corrected chi connectivity index (χ0v) is 11.4. The van der Waals surface area contributed by atoms with Crippen LogP contribution in [0.5, 0.6) is 0 Å². The number of nitrogens with one attached hydrogen (secondary N) is 1. The van der Waals surface area contributed by atoms with Gasteiger partial charge in [-0.1, -0.05) is 12.1 Å². The largest absolute Gasteiger partial charge is 0.360 e. The van der Waals surface area contributed by atoms with Crippen molar-refractivity contribution in [1.29, 1.82) is 0 Å². The fraction of sp³-hybridized carbons (Fsp3) is 0.167. The van der Waals surface area contributed by atoms with Crippen LogP contribution in [0, 0.1) is 5.82 Å². The molecule has 1 N–H and O–H groups in total. The van der Waals surface area contributed by atoms with Crippen molar-refractivity contribution in [3.05, 3.63) is 70.7 Å². The second-order valence-electron chi connectivity index (χ2n) is 5.56. The standard InChI is InChI=1S/C18H14FNO/c19-14-6-7-17-15(9-14)16(10-20-17)18(21)13-5-4-11-2-1-3-12(11)8-13/h4-10,20H,1-3H2. The minimum atomic E-state index is -0.329. The van der Waals surface area contributed by atoms with Crippen LogP contribution in [0.1, 0.15) is 33.5 Å². The predicted molar refractivity (Wildman–Crippen MR) is 80.2 cm³/mol. The highest BCUT2D eigenvalue weighted by molar-refractivity contribution is 6.16. The van der Waals surface area contributed by atoms with E-state index in [2.05, 4.69) is 4.98 Å². The van der Waals surface area contributed by atoms with Crippen molar-refractivity contribution >= 4 is 16.7 Å². The third kappa shape index (κ3) is 1.97. The molecule has 1 aromatic heterocycles. The summed E-state index contributed by atoms with van der Waals surface area (Å²) in [6.07, 6.45) is 4.96. The average Bonchev–Trinajstić information content (AvgIpc) is 3.11. The first-order valence-electron chi connectivity index (χ1n) is 7.15. The maximum atomic E-state index is 13.4. The van der Waals surface area contributed by atoms with Crippen LogP contribution in [0.4, 0.5) is 4.39 Å². The molecule has 1 aliphatic carbocycles. The highest BCUT2D eigenvalue weighted by Gasteiger charge is 2.17. The fourth-order valence-electron chi connectivity index (χ4n) is 3.15. The summed E-state index contributed by atoms with van der Waals surface area (Å²) in [7, 11) is 0. The highest BCUT2D eigenvalue weighted by Crippen LogP contribution is 2.26. The molecule has 2 aromatic carbocycles. The zero-order chi connectivity index (χ0) is 14.4. The Morgan fingerprint density at radius 2 is 1.90 bits per heavy atom. The number of carbonyl (C=O) groups is 1. The normalized spacial score (nSPS) is 13.6. The van der Waals surface area contributed by atoms with Gasteiger partial charge in [-0.05, 0) is 54.7 Å². The smallest absolute Gasteiger partial charge is 0.195 e. The van der Waals surface area contributed by atoms with Gasteiger partial charge in [0.2, 0.25) is 0 Å². The number of fused-ring (bicyclic) bond motifs is 2. The number of hydrogen-bond donors (Lipinski definition) is 1. The van der Waals surface area contributed by atoms with Gasteiger partial charge in [0.25, 0.3) is 0 Å². The van der Waals surface area contributed by atoms with Crippen molar-refractivity contribution < 1.29 is 9.18 Å². The van der Waals surface area contributed by atoms with E-state index in [1.807, 2.05) is 18.2 Å². The van der Waals surface area contributed by atoms with Crippen molar-refractivity contribution in [3.8, 4) is 0 Å². The Morgan fingerprint density at radius 1 is 1.05 bits per heavy atom. The monoisotopic (exact) mass is 279 g/mol. The Bertz CT molecular complexity index is 863. The minimum Gasteiger partial charge on any atom is -0.360 e. The number of H-pyrrole nitrogens is 1. The maximum absolute atomic E-state index is 13.4. The number of aromatic amines is 1. The Labute approximate surface area is 121 Å². The van der Waals surface area contributed by atoms with Crippen molar-refractivity contribution in [2.75, 3.05) is 0 Å². The van der Waals surface area contributed by atoms with Crippen LogP contribution in [0.2, 0.25) is 0 Å². The Hall–Kier alpha value is -2.42. The molecular formula is C18H14FNO. The molecule has 4 rings (SSSR count). The third-order valence-electron chi connectivity index (χ3n) is 4.25. The summed E-state index contributed by atoms with van der Waals surface area (Å²) in [6.45, 7) is 0. The summed E-state index contributed by atoms with van der Waals surface area (Å²) < 4.78 is 13.4. The van der Waals surface area contributed by atoms with E-state index in [4.69, 9.17) is 0 Å². The van der Waals surface area contributed by atoms with Crippen molar-refractivity contribution in [1.82, 2.24) is 4.98 Å². The molecule has 1 aliphatic rings. The van der Waals surface area contributed by atoms with Crippen molar-refractivity contribution in [2.45, 2.75) is 19.3 Å². The topological polar surface area (TPSA) is 32.9 Å². The number of benzene rings is 2. The Kier molecular flexibility index (Phi) is 2.67. The lowest BCUT2D eigenvalue weighted by molar-refractivity contribution is 0.104. The molecule has 0 aliphatic heterocycles. The molecule has 0 atom stereocenters. The molecule has 104 valence electrons. The van der Waals surface area contributed by atoms with E-state index in [0.29, 0.717) is 16.5 Å². The Morgan fingerprint density at radius 3 is 2.81 bits per heavy atom. The predicted octanol–water partition coefficient (Wildman–Crippen LogP) is 4.03. The molecule has 21 heavy (non-hydrogen) atoms. The third-order valence-corrected chi connectivity index (χ3v) is 4.25. The molecule has 0 saturated heterocycles. The van der Waals surface area contributed by atoms with Crippen LogP contribution >= 0.6 is 0 Å². The lowest BCUT2D eigenvalue weighted by Crippen LogP contribution is -2.01. The molecule has 0 unspecified atom stereocenters. The summed E-state index contributed by atoms with van der Waals surface area (Å²) in [6, 6.07) is 10.4.